The number of aryl methyl sites for hydroxylation is 1. The van der Waals surface area contributed by atoms with Gasteiger partial charge in [-0.1, -0.05) is 18.2 Å². The van der Waals surface area contributed by atoms with Gasteiger partial charge in [0.25, 0.3) is 0 Å². The van der Waals surface area contributed by atoms with Gasteiger partial charge in [0.15, 0.2) is 5.65 Å². The molecule has 2 heterocycles. The summed E-state index contributed by atoms with van der Waals surface area (Å²) >= 11 is 0. The Bertz CT molecular complexity index is 972. The molecule has 0 radical (unpaired) electrons. The van der Waals surface area contributed by atoms with Crippen LogP contribution in [0.3, 0.4) is 0 Å². The van der Waals surface area contributed by atoms with E-state index in [2.05, 4.69) is 9.97 Å². The van der Waals surface area contributed by atoms with Gasteiger partial charge < -0.3 is 0 Å². The first-order chi connectivity index (χ1) is 10.2. The van der Waals surface area contributed by atoms with Gasteiger partial charge in [-0.15, -0.1) is 0 Å². The maximum atomic E-state index is 13.5. The molecule has 4 heteroatoms. The number of hydrogen-bond donors (Lipinski definition) is 0. The third-order valence-electron chi connectivity index (χ3n) is 3.56. The van der Waals surface area contributed by atoms with E-state index in [-0.39, 0.29) is 5.82 Å². The Balaban J connectivity index is 2.08. The number of halogens is 1. The van der Waals surface area contributed by atoms with Crippen LogP contribution in [0.1, 0.15) is 5.56 Å². The van der Waals surface area contributed by atoms with Gasteiger partial charge in [0.1, 0.15) is 11.3 Å². The fraction of sp³-hybridized carbons (Fsp3) is 0.0588. The highest BCUT2D eigenvalue weighted by Gasteiger charge is 2.11. The summed E-state index contributed by atoms with van der Waals surface area (Å²) in [5, 5.41) is 0. The fourth-order valence-electron chi connectivity index (χ4n) is 2.56. The normalized spacial score (nSPS) is 11.3. The summed E-state index contributed by atoms with van der Waals surface area (Å²) in [6, 6.07) is 14.2. The molecule has 0 aliphatic heterocycles. The Morgan fingerprint density at radius 3 is 2.48 bits per heavy atom. The number of rotatable bonds is 1. The van der Waals surface area contributed by atoms with Crippen LogP contribution in [0, 0.1) is 12.7 Å². The van der Waals surface area contributed by atoms with E-state index in [0.717, 1.165) is 33.4 Å². The van der Waals surface area contributed by atoms with Gasteiger partial charge in [-0.05, 0) is 42.8 Å². The van der Waals surface area contributed by atoms with E-state index in [0.29, 0.717) is 0 Å². The van der Waals surface area contributed by atoms with Crippen molar-refractivity contribution in [3.05, 3.63) is 66.1 Å². The minimum absolute atomic E-state index is 0.263. The van der Waals surface area contributed by atoms with E-state index in [1.807, 2.05) is 48.0 Å². The summed E-state index contributed by atoms with van der Waals surface area (Å²) in [6.07, 6.45) is 1.94. The molecule has 0 amide bonds. The average Bonchev–Trinajstić information content (AvgIpc) is 2.82. The SMILES string of the molecule is Cc1cn(-c2cccc(F)c2)c2nc3ccccc3nc12. The first-order valence-corrected chi connectivity index (χ1v) is 6.73. The molecule has 3 nitrogen and oxygen atoms in total. The van der Waals surface area contributed by atoms with E-state index in [4.69, 9.17) is 0 Å². The van der Waals surface area contributed by atoms with Gasteiger partial charge in [0.2, 0.25) is 0 Å². The molecular weight excluding hydrogens is 265 g/mol. The highest BCUT2D eigenvalue weighted by Crippen LogP contribution is 2.24. The summed E-state index contributed by atoms with van der Waals surface area (Å²) in [5.41, 5.74) is 5.06. The number of aromatic nitrogens is 3. The summed E-state index contributed by atoms with van der Waals surface area (Å²) in [5.74, 6) is -0.263. The second-order valence-electron chi connectivity index (χ2n) is 5.05. The van der Waals surface area contributed by atoms with Crippen molar-refractivity contribution in [2.45, 2.75) is 6.92 Å². The monoisotopic (exact) mass is 277 g/mol. The molecule has 0 spiro atoms. The van der Waals surface area contributed by atoms with Gasteiger partial charge in [0, 0.05) is 11.9 Å². The molecule has 2 aromatic heterocycles. The van der Waals surface area contributed by atoms with Crippen LogP contribution in [0.5, 0.6) is 0 Å². The average molecular weight is 277 g/mol. The quantitative estimate of drug-likeness (QED) is 0.526. The standard InChI is InChI=1S/C17H12FN3/c1-11-10-21(13-6-4-5-12(18)9-13)17-16(11)19-14-7-2-3-8-15(14)20-17/h2-10H,1H3. The van der Waals surface area contributed by atoms with E-state index in [9.17, 15) is 4.39 Å². The minimum Gasteiger partial charge on any atom is -0.300 e. The highest BCUT2D eigenvalue weighted by atomic mass is 19.1. The van der Waals surface area contributed by atoms with Gasteiger partial charge in [-0.3, -0.25) is 4.57 Å². The number of para-hydroxylation sites is 2. The van der Waals surface area contributed by atoms with Crippen LogP contribution in [0.25, 0.3) is 27.9 Å². The lowest BCUT2D eigenvalue weighted by molar-refractivity contribution is 0.627. The molecule has 0 aliphatic rings. The van der Waals surface area contributed by atoms with Gasteiger partial charge in [-0.2, -0.15) is 0 Å². The number of hydrogen-bond acceptors (Lipinski definition) is 2. The Hall–Kier alpha value is -2.75. The molecule has 4 rings (SSSR count). The van der Waals surface area contributed by atoms with Gasteiger partial charge in [0.05, 0.1) is 11.0 Å². The van der Waals surface area contributed by atoms with Crippen LogP contribution in [0.15, 0.2) is 54.7 Å². The molecular formula is C17H12FN3. The summed E-state index contributed by atoms with van der Waals surface area (Å²) in [4.78, 5) is 9.35. The molecule has 0 bridgehead atoms. The van der Waals surface area contributed by atoms with E-state index in [1.165, 1.54) is 12.1 Å². The molecule has 0 N–H and O–H groups in total. The van der Waals surface area contributed by atoms with Gasteiger partial charge >= 0.3 is 0 Å². The lowest BCUT2D eigenvalue weighted by Crippen LogP contribution is -1.95. The summed E-state index contributed by atoms with van der Waals surface area (Å²) < 4.78 is 15.3. The van der Waals surface area contributed by atoms with Crippen LogP contribution in [0.4, 0.5) is 4.39 Å². The minimum atomic E-state index is -0.263. The molecule has 0 saturated carbocycles. The van der Waals surface area contributed by atoms with Crippen LogP contribution < -0.4 is 0 Å². The molecule has 0 atom stereocenters. The first-order valence-electron chi connectivity index (χ1n) is 6.73. The molecule has 0 aliphatic carbocycles. The second kappa shape index (κ2) is 4.38. The second-order valence-corrected chi connectivity index (χ2v) is 5.05. The molecule has 4 aromatic rings. The van der Waals surface area contributed by atoms with E-state index < -0.39 is 0 Å². The van der Waals surface area contributed by atoms with Crippen molar-refractivity contribution in [1.82, 2.24) is 14.5 Å². The third-order valence-corrected chi connectivity index (χ3v) is 3.56. The number of nitrogens with zero attached hydrogens (tertiary/aromatic N) is 3. The van der Waals surface area contributed by atoms with Crippen molar-refractivity contribution in [2.75, 3.05) is 0 Å². The van der Waals surface area contributed by atoms with Crippen molar-refractivity contribution >= 4 is 22.2 Å². The lowest BCUT2D eigenvalue weighted by atomic mass is 10.3. The van der Waals surface area contributed by atoms with Crippen molar-refractivity contribution in [3.8, 4) is 5.69 Å². The lowest BCUT2D eigenvalue weighted by Gasteiger charge is -2.05. The molecule has 21 heavy (non-hydrogen) atoms. The molecule has 0 unspecified atom stereocenters. The zero-order valence-electron chi connectivity index (χ0n) is 11.4. The summed E-state index contributed by atoms with van der Waals surface area (Å²) in [6.45, 7) is 1.99. The van der Waals surface area contributed by atoms with Gasteiger partial charge in [-0.25, -0.2) is 14.4 Å². The largest absolute Gasteiger partial charge is 0.300 e. The maximum Gasteiger partial charge on any atom is 0.164 e. The maximum absolute atomic E-state index is 13.5. The third kappa shape index (κ3) is 1.88. The van der Waals surface area contributed by atoms with Crippen molar-refractivity contribution in [1.29, 1.82) is 0 Å². The predicted molar refractivity (Wildman–Crippen MR) is 81.1 cm³/mol. The van der Waals surface area contributed by atoms with Crippen molar-refractivity contribution in [3.63, 3.8) is 0 Å². The predicted octanol–water partition coefficient (Wildman–Crippen LogP) is 4.02. The number of fused-ring (bicyclic) bond motifs is 2. The molecule has 0 fully saturated rings. The van der Waals surface area contributed by atoms with E-state index in [1.54, 1.807) is 6.07 Å². The van der Waals surface area contributed by atoms with Crippen LogP contribution in [-0.2, 0) is 0 Å². The van der Waals surface area contributed by atoms with Crippen LogP contribution in [-0.4, -0.2) is 14.5 Å². The zero-order valence-corrected chi connectivity index (χ0v) is 11.4. The molecule has 102 valence electrons. The summed E-state index contributed by atoms with van der Waals surface area (Å²) in [7, 11) is 0. The molecule has 2 aromatic carbocycles. The fourth-order valence-corrected chi connectivity index (χ4v) is 2.56. The topological polar surface area (TPSA) is 30.7 Å². The van der Waals surface area contributed by atoms with Crippen molar-refractivity contribution < 1.29 is 4.39 Å². The zero-order chi connectivity index (χ0) is 14.4. The number of benzene rings is 2. The van der Waals surface area contributed by atoms with Crippen LogP contribution >= 0.6 is 0 Å². The molecule has 0 saturated heterocycles. The Morgan fingerprint density at radius 2 is 1.71 bits per heavy atom. The Kier molecular flexibility index (Phi) is 2.51. The smallest absolute Gasteiger partial charge is 0.164 e. The van der Waals surface area contributed by atoms with Crippen LogP contribution in [0.2, 0.25) is 0 Å². The van der Waals surface area contributed by atoms with E-state index >= 15 is 0 Å². The highest BCUT2D eigenvalue weighted by molar-refractivity contribution is 5.87. The Morgan fingerprint density at radius 1 is 0.952 bits per heavy atom. The van der Waals surface area contributed by atoms with Crippen molar-refractivity contribution in [2.24, 2.45) is 0 Å². The Labute approximate surface area is 120 Å². The first kappa shape index (κ1) is 12.0.